The smallest absolute Gasteiger partial charge is 0.262 e. The number of aryl methyl sites for hydroxylation is 1. The van der Waals surface area contributed by atoms with Gasteiger partial charge in [-0.1, -0.05) is 18.5 Å². The molecule has 140 valence electrons. The molecule has 6 nitrogen and oxygen atoms in total. The van der Waals surface area contributed by atoms with Gasteiger partial charge in [0.2, 0.25) is 0 Å². The van der Waals surface area contributed by atoms with Gasteiger partial charge in [-0.05, 0) is 49.2 Å². The quantitative estimate of drug-likeness (QED) is 0.748. The molecule has 0 aliphatic rings. The predicted molar refractivity (Wildman–Crippen MR) is 103 cm³/mol. The van der Waals surface area contributed by atoms with E-state index < -0.39 is 10.0 Å². The highest BCUT2D eigenvalue weighted by molar-refractivity contribution is 7.92. The molecule has 0 heterocycles. The summed E-state index contributed by atoms with van der Waals surface area (Å²) in [6.45, 7) is 4.29. The van der Waals surface area contributed by atoms with Gasteiger partial charge in [0.25, 0.3) is 15.9 Å². The lowest BCUT2D eigenvalue weighted by Gasteiger charge is -2.14. The molecule has 0 aliphatic carbocycles. The van der Waals surface area contributed by atoms with Gasteiger partial charge in [-0.15, -0.1) is 0 Å². The number of methoxy groups -OCH3 is 1. The van der Waals surface area contributed by atoms with Crippen molar-refractivity contribution in [3.63, 3.8) is 0 Å². The Labute approximate surface area is 158 Å². The van der Waals surface area contributed by atoms with Crippen molar-refractivity contribution in [2.24, 2.45) is 0 Å². The van der Waals surface area contributed by atoms with Crippen LogP contribution in [0.2, 0.25) is 5.02 Å². The monoisotopic (exact) mass is 396 g/mol. The number of hydrogen-bond acceptors (Lipinski definition) is 4. The van der Waals surface area contributed by atoms with Crippen molar-refractivity contribution in [2.45, 2.75) is 25.2 Å². The third-order valence-corrected chi connectivity index (χ3v) is 5.48. The second kappa shape index (κ2) is 8.42. The minimum absolute atomic E-state index is 0.0409. The van der Waals surface area contributed by atoms with E-state index in [0.717, 1.165) is 6.42 Å². The van der Waals surface area contributed by atoms with E-state index in [1.165, 1.54) is 31.4 Å². The maximum absolute atomic E-state index is 12.6. The Morgan fingerprint density at radius 3 is 2.42 bits per heavy atom. The molecule has 0 atom stereocenters. The summed E-state index contributed by atoms with van der Waals surface area (Å²) >= 11 is 6.04. The molecule has 2 aromatic rings. The van der Waals surface area contributed by atoms with Gasteiger partial charge in [0.05, 0.1) is 17.7 Å². The molecule has 0 spiro atoms. The fraction of sp³-hybridized carbons (Fsp3) is 0.278. The van der Waals surface area contributed by atoms with E-state index in [1.54, 1.807) is 19.1 Å². The Balaban J connectivity index is 2.26. The summed E-state index contributed by atoms with van der Waals surface area (Å²) in [7, 11) is -2.41. The zero-order valence-electron chi connectivity index (χ0n) is 14.8. The molecule has 26 heavy (non-hydrogen) atoms. The van der Waals surface area contributed by atoms with Gasteiger partial charge >= 0.3 is 0 Å². The van der Waals surface area contributed by atoms with Crippen LogP contribution in [0.5, 0.6) is 5.75 Å². The van der Waals surface area contributed by atoms with Crippen LogP contribution in [0.4, 0.5) is 5.69 Å². The Hall–Kier alpha value is -2.25. The second-order valence-electron chi connectivity index (χ2n) is 5.69. The number of carbonyl (C=O) groups excluding carboxylic acids is 1. The number of rotatable bonds is 7. The molecule has 0 aromatic heterocycles. The number of sulfonamides is 1. The van der Waals surface area contributed by atoms with E-state index in [4.69, 9.17) is 16.3 Å². The first kappa shape index (κ1) is 20.1. The van der Waals surface area contributed by atoms with Gasteiger partial charge in [0.1, 0.15) is 5.75 Å². The zero-order valence-corrected chi connectivity index (χ0v) is 16.4. The molecular weight excluding hydrogens is 376 g/mol. The lowest BCUT2D eigenvalue weighted by atomic mass is 10.2. The molecule has 0 fully saturated rings. The van der Waals surface area contributed by atoms with Crippen LogP contribution in [0.25, 0.3) is 0 Å². The van der Waals surface area contributed by atoms with E-state index in [-0.39, 0.29) is 10.8 Å². The van der Waals surface area contributed by atoms with Crippen LogP contribution < -0.4 is 14.8 Å². The zero-order chi connectivity index (χ0) is 19.3. The minimum atomic E-state index is -3.84. The first-order valence-electron chi connectivity index (χ1n) is 8.03. The fourth-order valence-electron chi connectivity index (χ4n) is 2.24. The highest BCUT2D eigenvalue weighted by Crippen LogP contribution is 2.32. The number of hydrogen-bond donors (Lipinski definition) is 2. The Bertz CT molecular complexity index is 896. The normalized spacial score (nSPS) is 11.1. The van der Waals surface area contributed by atoms with Crippen LogP contribution >= 0.6 is 11.6 Å². The van der Waals surface area contributed by atoms with Gasteiger partial charge in [-0.25, -0.2) is 8.42 Å². The topological polar surface area (TPSA) is 84.5 Å². The predicted octanol–water partition coefficient (Wildman–Crippen LogP) is 3.60. The van der Waals surface area contributed by atoms with E-state index in [1.807, 2.05) is 6.92 Å². The molecule has 0 aliphatic heterocycles. The average molecular weight is 397 g/mol. The molecular formula is C18H21ClN2O4S. The number of nitrogens with one attached hydrogen (secondary N) is 2. The van der Waals surface area contributed by atoms with Crippen LogP contribution in [-0.2, 0) is 10.0 Å². The van der Waals surface area contributed by atoms with Crippen LogP contribution in [0.15, 0.2) is 41.3 Å². The highest BCUT2D eigenvalue weighted by Gasteiger charge is 2.18. The van der Waals surface area contributed by atoms with Gasteiger partial charge in [-0.3, -0.25) is 9.52 Å². The lowest BCUT2D eigenvalue weighted by molar-refractivity contribution is 0.0953. The molecule has 2 rings (SSSR count). The highest BCUT2D eigenvalue weighted by atomic mass is 35.5. The summed E-state index contributed by atoms with van der Waals surface area (Å²) in [5.74, 6) is 0.0819. The van der Waals surface area contributed by atoms with Gasteiger partial charge in [-0.2, -0.15) is 0 Å². The molecule has 1 amide bonds. The van der Waals surface area contributed by atoms with Gasteiger partial charge in [0.15, 0.2) is 0 Å². The summed E-state index contributed by atoms with van der Waals surface area (Å²) < 4.78 is 32.9. The maximum Gasteiger partial charge on any atom is 0.262 e. The van der Waals surface area contributed by atoms with E-state index >= 15 is 0 Å². The SMILES string of the molecule is CCCNC(=O)c1ccc(S(=O)(=O)Nc2cc(C)c(Cl)cc2OC)cc1. The minimum Gasteiger partial charge on any atom is -0.495 e. The van der Waals surface area contributed by atoms with Crippen molar-refractivity contribution in [3.8, 4) is 5.75 Å². The Kier molecular flexibility index (Phi) is 6.50. The number of anilines is 1. The van der Waals surface area contributed by atoms with Crippen molar-refractivity contribution in [3.05, 3.63) is 52.5 Å². The molecule has 0 radical (unpaired) electrons. The van der Waals surface area contributed by atoms with Crippen LogP contribution in [0.1, 0.15) is 29.3 Å². The summed E-state index contributed by atoms with van der Waals surface area (Å²) in [6, 6.07) is 8.88. The average Bonchev–Trinajstić information content (AvgIpc) is 2.62. The summed E-state index contributed by atoms with van der Waals surface area (Å²) in [5, 5.41) is 3.22. The van der Waals surface area contributed by atoms with Crippen molar-refractivity contribution < 1.29 is 17.9 Å². The van der Waals surface area contributed by atoms with E-state index in [2.05, 4.69) is 10.0 Å². The first-order chi connectivity index (χ1) is 12.3. The standard InChI is InChI=1S/C18H21ClN2O4S/c1-4-9-20-18(22)13-5-7-14(8-6-13)26(23,24)21-16-10-12(2)15(19)11-17(16)25-3/h5-8,10-11,21H,4,9H2,1-3H3,(H,20,22). The molecule has 0 saturated heterocycles. The lowest BCUT2D eigenvalue weighted by Crippen LogP contribution is -2.24. The molecule has 0 saturated carbocycles. The van der Waals surface area contributed by atoms with Crippen molar-refractivity contribution in [2.75, 3.05) is 18.4 Å². The maximum atomic E-state index is 12.6. The summed E-state index contributed by atoms with van der Waals surface area (Å²) in [5.41, 5.74) is 1.41. The van der Waals surface area contributed by atoms with E-state index in [0.29, 0.717) is 34.1 Å². The number of benzene rings is 2. The molecule has 2 aromatic carbocycles. The van der Waals surface area contributed by atoms with Gasteiger partial charge in [0, 0.05) is 23.2 Å². The number of halogens is 1. The fourth-order valence-corrected chi connectivity index (χ4v) is 3.46. The molecule has 0 unspecified atom stereocenters. The van der Waals surface area contributed by atoms with Crippen molar-refractivity contribution >= 4 is 33.2 Å². The summed E-state index contributed by atoms with van der Waals surface area (Å²) in [6.07, 6.45) is 0.824. The third-order valence-electron chi connectivity index (χ3n) is 3.69. The van der Waals surface area contributed by atoms with E-state index in [9.17, 15) is 13.2 Å². The van der Waals surface area contributed by atoms with Crippen molar-refractivity contribution in [1.29, 1.82) is 0 Å². The van der Waals surface area contributed by atoms with Crippen LogP contribution in [0.3, 0.4) is 0 Å². The molecule has 8 heteroatoms. The van der Waals surface area contributed by atoms with Crippen LogP contribution in [-0.4, -0.2) is 28.0 Å². The number of carbonyl (C=O) groups is 1. The first-order valence-corrected chi connectivity index (χ1v) is 9.89. The van der Waals surface area contributed by atoms with Gasteiger partial charge < -0.3 is 10.1 Å². The number of ether oxygens (including phenoxy) is 1. The third kappa shape index (κ3) is 4.68. The van der Waals surface area contributed by atoms with Crippen LogP contribution in [0, 0.1) is 6.92 Å². The van der Waals surface area contributed by atoms with Crippen molar-refractivity contribution in [1.82, 2.24) is 5.32 Å². The Morgan fingerprint density at radius 2 is 1.85 bits per heavy atom. The second-order valence-corrected chi connectivity index (χ2v) is 7.78. The number of amides is 1. The Morgan fingerprint density at radius 1 is 1.19 bits per heavy atom. The summed E-state index contributed by atoms with van der Waals surface area (Å²) in [4.78, 5) is 11.9. The largest absolute Gasteiger partial charge is 0.495 e. The molecule has 0 bridgehead atoms. The molecule has 2 N–H and O–H groups in total.